The third-order valence-corrected chi connectivity index (χ3v) is 4.43. The van der Waals surface area contributed by atoms with Crippen LogP contribution in [0, 0.1) is 0 Å². The minimum atomic E-state index is 0.408. The SMILES string of the molecule is COCc1nc(C2CCN(C)CC2)n(-c2ccccc2Cl)n1. The molecule has 5 nitrogen and oxygen atoms in total. The van der Waals surface area contributed by atoms with Gasteiger partial charge in [-0.2, -0.15) is 0 Å². The van der Waals surface area contributed by atoms with Gasteiger partial charge in [-0.05, 0) is 45.1 Å². The molecule has 1 aliphatic heterocycles. The highest BCUT2D eigenvalue weighted by Crippen LogP contribution is 2.30. The van der Waals surface area contributed by atoms with Gasteiger partial charge in [-0.3, -0.25) is 0 Å². The molecule has 0 spiro atoms. The van der Waals surface area contributed by atoms with Crippen LogP contribution in [-0.2, 0) is 11.3 Å². The lowest BCUT2D eigenvalue weighted by Gasteiger charge is -2.28. The number of para-hydroxylation sites is 1. The molecular formula is C16H21ClN4O. The second kappa shape index (κ2) is 6.77. The van der Waals surface area contributed by atoms with E-state index in [2.05, 4.69) is 17.0 Å². The molecule has 6 heteroatoms. The molecule has 1 aromatic carbocycles. The van der Waals surface area contributed by atoms with Crippen molar-refractivity contribution in [2.75, 3.05) is 27.2 Å². The maximum absolute atomic E-state index is 6.35. The first-order chi connectivity index (χ1) is 10.7. The van der Waals surface area contributed by atoms with Crippen molar-refractivity contribution in [2.24, 2.45) is 0 Å². The van der Waals surface area contributed by atoms with E-state index in [1.54, 1.807) is 7.11 Å². The molecule has 0 N–H and O–H groups in total. The monoisotopic (exact) mass is 320 g/mol. The van der Waals surface area contributed by atoms with Crippen molar-refractivity contribution in [3.8, 4) is 5.69 Å². The molecule has 2 heterocycles. The van der Waals surface area contributed by atoms with E-state index in [1.807, 2.05) is 28.9 Å². The Bertz CT molecular complexity index is 635. The summed E-state index contributed by atoms with van der Waals surface area (Å²) in [5, 5.41) is 5.29. The van der Waals surface area contributed by atoms with Gasteiger partial charge in [0.2, 0.25) is 0 Å². The first kappa shape index (κ1) is 15.5. The molecule has 0 aliphatic carbocycles. The summed E-state index contributed by atoms with van der Waals surface area (Å²) < 4.78 is 7.08. The molecule has 0 saturated carbocycles. The van der Waals surface area contributed by atoms with Gasteiger partial charge in [0, 0.05) is 13.0 Å². The fourth-order valence-corrected chi connectivity index (χ4v) is 3.11. The van der Waals surface area contributed by atoms with Crippen molar-refractivity contribution < 1.29 is 4.74 Å². The van der Waals surface area contributed by atoms with Gasteiger partial charge in [0.1, 0.15) is 12.4 Å². The van der Waals surface area contributed by atoms with Crippen molar-refractivity contribution in [3.05, 3.63) is 40.9 Å². The summed E-state index contributed by atoms with van der Waals surface area (Å²) in [5.41, 5.74) is 0.882. The van der Waals surface area contributed by atoms with Crippen LogP contribution in [0.1, 0.15) is 30.4 Å². The molecule has 1 fully saturated rings. The van der Waals surface area contributed by atoms with E-state index in [1.165, 1.54) is 0 Å². The molecule has 2 aromatic rings. The summed E-state index contributed by atoms with van der Waals surface area (Å²) in [4.78, 5) is 7.07. The third-order valence-electron chi connectivity index (χ3n) is 4.11. The summed E-state index contributed by atoms with van der Waals surface area (Å²) in [5.74, 6) is 2.11. The van der Waals surface area contributed by atoms with Crippen LogP contribution in [0.4, 0.5) is 0 Å². The average Bonchev–Trinajstić information content (AvgIpc) is 2.93. The maximum Gasteiger partial charge on any atom is 0.176 e. The van der Waals surface area contributed by atoms with Gasteiger partial charge in [0.05, 0.1) is 10.7 Å². The Balaban J connectivity index is 1.99. The predicted molar refractivity (Wildman–Crippen MR) is 86.6 cm³/mol. The van der Waals surface area contributed by atoms with Crippen LogP contribution in [-0.4, -0.2) is 46.9 Å². The Labute approximate surface area is 135 Å². The van der Waals surface area contributed by atoms with E-state index < -0.39 is 0 Å². The normalized spacial score (nSPS) is 17.0. The minimum Gasteiger partial charge on any atom is -0.377 e. The zero-order chi connectivity index (χ0) is 15.5. The molecule has 1 aromatic heterocycles. The zero-order valence-corrected chi connectivity index (χ0v) is 13.8. The fraction of sp³-hybridized carbons (Fsp3) is 0.500. The standard InChI is InChI=1S/C16H21ClN4O/c1-20-9-7-12(8-10-20)16-18-15(11-22-2)19-21(16)14-6-4-3-5-13(14)17/h3-6,12H,7-11H2,1-2H3. The number of hydrogen-bond acceptors (Lipinski definition) is 4. The predicted octanol–water partition coefficient (Wildman–Crippen LogP) is 2.88. The number of likely N-dealkylation sites (tertiary alicyclic amines) is 1. The second-order valence-corrected chi connectivity index (χ2v) is 6.17. The maximum atomic E-state index is 6.35. The van der Waals surface area contributed by atoms with E-state index >= 15 is 0 Å². The summed E-state index contributed by atoms with van der Waals surface area (Å²) in [6.45, 7) is 2.58. The van der Waals surface area contributed by atoms with Crippen LogP contribution >= 0.6 is 11.6 Å². The number of benzene rings is 1. The quantitative estimate of drug-likeness (QED) is 0.869. The topological polar surface area (TPSA) is 43.2 Å². The number of nitrogens with zero attached hydrogens (tertiary/aromatic N) is 4. The summed E-state index contributed by atoms with van der Waals surface area (Å²) in [6.07, 6.45) is 2.18. The lowest BCUT2D eigenvalue weighted by atomic mass is 9.96. The van der Waals surface area contributed by atoms with Gasteiger partial charge in [0.15, 0.2) is 5.82 Å². The molecule has 118 valence electrons. The third kappa shape index (κ3) is 3.16. The highest BCUT2D eigenvalue weighted by molar-refractivity contribution is 6.32. The van der Waals surface area contributed by atoms with Gasteiger partial charge in [-0.15, -0.1) is 5.10 Å². The van der Waals surface area contributed by atoms with Gasteiger partial charge in [0.25, 0.3) is 0 Å². The van der Waals surface area contributed by atoms with Crippen molar-refractivity contribution in [2.45, 2.75) is 25.4 Å². The lowest BCUT2D eigenvalue weighted by Crippen LogP contribution is -2.30. The van der Waals surface area contributed by atoms with Crippen molar-refractivity contribution in [1.29, 1.82) is 0 Å². The number of methoxy groups -OCH3 is 1. The molecule has 0 radical (unpaired) electrons. The molecule has 0 atom stereocenters. The molecule has 1 aliphatic rings. The molecule has 1 saturated heterocycles. The Kier molecular flexibility index (Phi) is 4.76. The van der Waals surface area contributed by atoms with Crippen molar-refractivity contribution >= 4 is 11.6 Å². The number of halogens is 1. The zero-order valence-electron chi connectivity index (χ0n) is 13.0. The molecule has 0 amide bonds. The van der Waals surface area contributed by atoms with Crippen LogP contribution in [0.5, 0.6) is 0 Å². The van der Waals surface area contributed by atoms with Gasteiger partial charge in [-0.25, -0.2) is 9.67 Å². The average molecular weight is 321 g/mol. The Morgan fingerprint density at radius 3 is 2.68 bits per heavy atom. The molecule has 0 unspecified atom stereocenters. The van der Waals surface area contributed by atoms with Crippen LogP contribution in [0.25, 0.3) is 5.69 Å². The molecule has 22 heavy (non-hydrogen) atoms. The lowest BCUT2D eigenvalue weighted by molar-refractivity contribution is 0.177. The fourth-order valence-electron chi connectivity index (χ4n) is 2.89. The number of aromatic nitrogens is 3. The Morgan fingerprint density at radius 1 is 1.27 bits per heavy atom. The van der Waals surface area contributed by atoms with Crippen LogP contribution < -0.4 is 0 Å². The number of rotatable bonds is 4. The van der Waals surface area contributed by atoms with E-state index in [0.29, 0.717) is 23.4 Å². The Morgan fingerprint density at radius 2 is 2.00 bits per heavy atom. The Hall–Kier alpha value is -1.43. The molecular weight excluding hydrogens is 300 g/mol. The first-order valence-corrected chi connectivity index (χ1v) is 7.95. The number of hydrogen-bond donors (Lipinski definition) is 0. The first-order valence-electron chi connectivity index (χ1n) is 7.57. The highest BCUT2D eigenvalue weighted by Gasteiger charge is 2.25. The number of piperidine rings is 1. The van der Waals surface area contributed by atoms with Crippen molar-refractivity contribution in [3.63, 3.8) is 0 Å². The van der Waals surface area contributed by atoms with Crippen LogP contribution in [0.3, 0.4) is 0 Å². The summed E-state index contributed by atoms with van der Waals surface area (Å²) in [6, 6.07) is 7.75. The molecule has 0 bridgehead atoms. The van der Waals surface area contributed by atoms with E-state index in [0.717, 1.165) is 37.4 Å². The van der Waals surface area contributed by atoms with E-state index in [4.69, 9.17) is 21.3 Å². The van der Waals surface area contributed by atoms with Crippen molar-refractivity contribution in [1.82, 2.24) is 19.7 Å². The van der Waals surface area contributed by atoms with E-state index in [-0.39, 0.29) is 0 Å². The van der Waals surface area contributed by atoms with Gasteiger partial charge >= 0.3 is 0 Å². The van der Waals surface area contributed by atoms with Gasteiger partial charge in [-0.1, -0.05) is 23.7 Å². The summed E-state index contributed by atoms with van der Waals surface area (Å²) >= 11 is 6.35. The van der Waals surface area contributed by atoms with Crippen LogP contribution in [0.15, 0.2) is 24.3 Å². The van der Waals surface area contributed by atoms with E-state index in [9.17, 15) is 0 Å². The highest BCUT2D eigenvalue weighted by atomic mass is 35.5. The van der Waals surface area contributed by atoms with Crippen LogP contribution in [0.2, 0.25) is 5.02 Å². The smallest absolute Gasteiger partial charge is 0.176 e. The van der Waals surface area contributed by atoms with Gasteiger partial charge < -0.3 is 9.64 Å². The second-order valence-electron chi connectivity index (χ2n) is 5.76. The largest absolute Gasteiger partial charge is 0.377 e. The summed E-state index contributed by atoms with van der Waals surface area (Å²) in [7, 11) is 3.82. The minimum absolute atomic E-state index is 0.408. The number of ether oxygens (including phenoxy) is 1. The molecule has 3 rings (SSSR count).